The van der Waals surface area contributed by atoms with Crippen LogP contribution in [0.5, 0.6) is 5.75 Å². The molecule has 2 aromatic carbocycles. The minimum atomic E-state index is -1.96. The Morgan fingerprint density at radius 3 is 2.47 bits per heavy atom. The van der Waals surface area contributed by atoms with Crippen LogP contribution in [0.1, 0.15) is 49.9 Å². The Balaban J connectivity index is 1.87. The van der Waals surface area contributed by atoms with Gasteiger partial charge in [-0.15, -0.1) is 0 Å². The van der Waals surface area contributed by atoms with Gasteiger partial charge in [0.1, 0.15) is 28.9 Å². The molecule has 2 aromatic rings. The van der Waals surface area contributed by atoms with Crippen molar-refractivity contribution >= 4 is 5.57 Å². The maximum atomic E-state index is 15.3. The zero-order valence-electron chi connectivity index (χ0n) is 18.4. The third-order valence-electron chi connectivity index (χ3n) is 6.37. The Hall–Kier alpha value is -2.38. The standard InChI is InChI=1S/C25H27F4NO2/c1-4-32-17-10-21(27)23(22(28)11-17)24-20-9-15-8-16(26)5-6-18(15)19(20)7-14(2)30(24)12-25(3,29)13-31/h5-6,8,10-11,14,24,31H,4,7,9,12-13H2,1-3H3/t14-,24?,25?/m1/s1. The second kappa shape index (κ2) is 8.52. The van der Waals surface area contributed by atoms with Gasteiger partial charge in [0, 0.05) is 30.3 Å². The van der Waals surface area contributed by atoms with Crippen LogP contribution in [0.3, 0.4) is 0 Å². The Bertz CT molecular complexity index is 1040. The fourth-order valence-corrected chi connectivity index (χ4v) is 4.95. The Morgan fingerprint density at radius 1 is 1.16 bits per heavy atom. The highest BCUT2D eigenvalue weighted by molar-refractivity contribution is 5.79. The summed E-state index contributed by atoms with van der Waals surface area (Å²) in [5.74, 6) is -1.86. The lowest BCUT2D eigenvalue weighted by Gasteiger charge is -2.44. The number of halogens is 4. The topological polar surface area (TPSA) is 32.7 Å². The van der Waals surface area contributed by atoms with E-state index < -0.39 is 30.0 Å². The summed E-state index contributed by atoms with van der Waals surface area (Å²) in [6, 6.07) is 5.65. The molecule has 1 aliphatic carbocycles. The molecule has 4 rings (SSSR count). The van der Waals surface area contributed by atoms with E-state index in [0.717, 1.165) is 34.4 Å². The van der Waals surface area contributed by atoms with Crippen molar-refractivity contribution in [2.45, 2.75) is 51.4 Å². The van der Waals surface area contributed by atoms with Gasteiger partial charge in [-0.1, -0.05) is 6.07 Å². The zero-order valence-corrected chi connectivity index (χ0v) is 18.4. The van der Waals surface area contributed by atoms with E-state index in [0.29, 0.717) is 12.8 Å². The molecule has 7 heteroatoms. The smallest absolute Gasteiger partial charge is 0.143 e. The highest BCUT2D eigenvalue weighted by Crippen LogP contribution is 2.50. The highest BCUT2D eigenvalue weighted by Gasteiger charge is 2.43. The number of aliphatic hydroxyl groups is 1. The number of aliphatic hydroxyl groups excluding tert-OH is 1. The molecule has 172 valence electrons. The fourth-order valence-electron chi connectivity index (χ4n) is 4.95. The first kappa shape index (κ1) is 22.8. The van der Waals surface area contributed by atoms with Gasteiger partial charge in [-0.05, 0) is 68.0 Å². The van der Waals surface area contributed by atoms with Crippen molar-refractivity contribution in [1.82, 2.24) is 4.90 Å². The number of fused-ring (bicyclic) bond motifs is 2. The van der Waals surface area contributed by atoms with E-state index in [2.05, 4.69) is 0 Å². The van der Waals surface area contributed by atoms with E-state index in [1.807, 2.05) is 6.92 Å². The van der Waals surface area contributed by atoms with Crippen molar-refractivity contribution in [2.75, 3.05) is 19.8 Å². The first-order chi connectivity index (χ1) is 15.1. The number of hydrogen-bond acceptors (Lipinski definition) is 3. The maximum absolute atomic E-state index is 15.3. The molecule has 1 aliphatic heterocycles. The summed E-state index contributed by atoms with van der Waals surface area (Å²) in [7, 11) is 0. The van der Waals surface area contributed by atoms with Crippen molar-refractivity contribution in [3.63, 3.8) is 0 Å². The van der Waals surface area contributed by atoms with Gasteiger partial charge >= 0.3 is 0 Å². The molecule has 0 bridgehead atoms. The quantitative estimate of drug-likeness (QED) is 0.602. The van der Waals surface area contributed by atoms with Crippen LogP contribution in [-0.4, -0.2) is 41.5 Å². The zero-order chi connectivity index (χ0) is 23.2. The normalized spacial score (nSPS) is 22.5. The van der Waals surface area contributed by atoms with Crippen molar-refractivity contribution in [1.29, 1.82) is 0 Å². The lowest BCUT2D eigenvalue weighted by Crippen LogP contribution is -2.49. The average molecular weight is 449 g/mol. The average Bonchev–Trinajstić information content (AvgIpc) is 3.06. The summed E-state index contributed by atoms with van der Waals surface area (Å²) < 4.78 is 64.7. The third-order valence-corrected chi connectivity index (χ3v) is 6.37. The van der Waals surface area contributed by atoms with Crippen LogP contribution in [-0.2, 0) is 6.42 Å². The Kier molecular flexibility index (Phi) is 6.07. The first-order valence-electron chi connectivity index (χ1n) is 10.8. The third kappa shape index (κ3) is 4.04. The van der Waals surface area contributed by atoms with E-state index in [-0.39, 0.29) is 36.3 Å². The summed E-state index contributed by atoms with van der Waals surface area (Å²) in [5.41, 5.74) is 1.14. The van der Waals surface area contributed by atoms with Gasteiger partial charge < -0.3 is 9.84 Å². The molecule has 0 aromatic heterocycles. The van der Waals surface area contributed by atoms with Gasteiger partial charge in [-0.3, -0.25) is 4.90 Å². The summed E-state index contributed by atoms with van der Waals surface area (Å²) in [5, 5.41) is 9.51. The van der Waals surface area contributed by atoms with Gasteiger partial charge in [-0.2, -0.15) is 0 Å². The molecular weight excluding hydrogens is 422 g/mol. The second-order valence-corrected chi connectivity index (χ2v) is 8.92. The Labute approximate surface area is 185 Å². The molecule has 1 N–H and O–H groups in total. The number of ether oxygens (including phenoxy) is 1. The largest absolute Gasteiger partial charge is 0.494 e. The van der Waals surface area contributed by atoms with Crippen molar-refractivity contribution < 1.29 is 27.4 Å². The van der Waals surface area contributed by atoms with Crippen molar-refractivity contribution in [3.8, 4) is 5.75 Å². The van der Waals surface area contributed by atoms with E-state index in [4.69, 9.17) is 4.74 Å². The summed E-state index contributed by atoms with van der Waals surface area (Å²) in [6.45, 7) is 4.20. The van der Waals surface area contributed by atoms with Crippen molar-refractivity contribution in [3.05, 3.63) is 70.0 Å². The molecule has 3 nitrogen and oxygen atoms in total. The van der Waals surface area contributed by atoms with Crippen LogP contribution in [0.25, 0.3) is 5.57 Å². The number of nitrogens with zero attached hydrogens (tertiary/aromatic N) is 1. The molecule has 0 fully saturated rings. The van der Waals surface area contributed by atoms with Crippen LogP contribution in [0, 0.1) is 17.5 Å². The number of alkyl halides is 1. The predicted molar refractivity (Wildman–Crippen MR) is 115 cm³/mol. The molecule has 2 unspecified atom stereocenters. The molecule has 0 saturated carbocycles. The molecule has 0 saturated heterocycles. The number of benzene rings is 2. The van der Waals surface area contributed by atoms with Crippen LogP contribution >= 0.6 is 0 Å². The van der Waals surface area contributed by atoms with Gasteiger partial charge in [0.25, 0.3) is 0 Å². The summed E-state index contributed by atoms with van der Waals surface area (Å²) in [4.78, 5) is 1.71. The lowest BCUT2D eigenvalue weighted by molar-refractivity contribution is 0.0181. The van der Waals surface area contributed by atoms with Gasteiger partial charge in [0.15, 0.2) is 0 Å². The van der Waals surface area contributed by atoms with Gasteiger partial charge in [0.2, 0.25) is 0 Å². The predicted octanol–water partition coefficient (Wildman–Crippen LogP) is 5.37. The molecular formula is C25H27F4NO2. The van der Waals surface area contributed by atoms with Crippen LogP contribution in [0.4, 0.5) is 17.6 Å². The Morgan fingerprint density at radius 2 is 1.84 bits per heavy atom. The van der Waals surface area contributed by atoms with Gasteiger partial charge in [-0.25, -0.2) is 17.6 Å². The summed E-state index contributed by atoms with van der Waals surface area (Å²) in [6.07, 6.45) is 0.858. The monoisotopic (exact) mass is 449 g/mol. The van der Waals surface area contributed by atoms with E-state index >= 15 is 8.78 Å². The minimum absolute atomic E-state index is 0.0818. The second-order valence-electron chi connectivity index (χ2n) is 8.92. The van der Waals surface area contributed by atoms with Crippen molar-refractivity contribution in [2.24, 2.45) is 0 Å². The molecule has 0 amide bonds. The number of hydrogen-bond donors (Lipinski definition) is 1. The molecule has 3 atom stereocenters. The van der Waals surface area contributed by atoms with E-state index in [1.165, 1.54) is 19.1 Å². The van der Waals surface area contributed by atoms with Gasteiger partial charge in [0.05, 0.1) is 19.3 Å². The minimum Gasteiger partial charge on any atom is -0.494 e. The molecule has 0 spiro atoms. The number of rotatable bonds is 6. The molecule has 32 heavy (non-hydrogen) atoms. The van der Waals surface area contributed by atoms with E-state index in [1.54, 1.807) is 17.9 Å². The molecule has 1 heterocycles. The van der Waals surface area contributed by atoms with Crippen LogP contribution in [0.2, 0.25) is 0 Å². The summed E-state index contributed by atoms with van der Waals surface area (Å²) >= 11 is 0. The molecule has 0 radical (unpaired) electrons. The molecule has 2 aliphatic rings. The van der Waals surface area contributed by atoms with Crippen LogP contribution < -0.4 is 4.74 Å². The van der Waals surface area contributed by atoms with Crippen LogP contribution in [0.15, 0.2) is 35.9 Å². The lowest BCUT2D eigenvalue weighted by atomic mass is 9.84. The maximum Gasteiger partial charge on any atom is 0.143 e. The van der Waals surface area contributed by atoms with E-state index in [9.17, 15) is 13.9 Å². The SMILES string of the molecule is CCOc1cc(F)c(C2C3=C(C[C@@H](C)N2CC(C)(F)CO)c2ccc(F)cc2C3)c(F)c1. The fraction of sp³-hybridized carbons (Fsp3) is 0.440. The highest BCUT2D eigenvalue weighted by atomic mass is 19.1. The first-order valence-corrected chi connectivity index (χ1v) is 10.8.